The monoisotopic (exact) mass is 247 g/mol. The molecule has 0 aliphatic carbocycles. The molecule has 0 aromatic heterocycles. The molecule has 0 saturated carbocycles. The van der Waals surface area contributed by atoms with Crippen LogP contribution < -0.4 is 10.6 Å². The van der Waals surface area contributed by atoms with Crippen molar-refractivity contribution in [3.8, 4) is 0 Å². The van der Waals surface area contributed by atoms with Crippen LogP contribution in [0.5, 0.6) is 0 Å². The van der Waals surface area contributed by atoms with Crippen LogP contribution >= 0.6 is 0 Å². The molecule has 0 rings (SSSR count). The third kappa shape index (κ3) is 6.36. The number of methoxy groups -OCH3 is 1. The van der Waals surface area contributed by atoms with Crippen LogP contribution in [0, 0.1) is 0 Å². The van der Waals surface area contributed by atoms with E-state index in [0.717, 1.165) is 0 Å². The Balaban J connectivity index is 4.07. The Morgan fingerprint density at radius 3 is 2.35 bits per heavy atom. The summed E-state index contributed by atoms with van der Waals surface area (Å²) < 4.78 is 4.63. The Kier molecular flexibility index (Phi) is 6.64. The third-order valence-corrected chi connectivity index (χ3v) is 1.84. The number of hydrogen-bond acceptors (Lipinski definition) is 4. The number of likely N-dealkylation sites (N-methyl/N-ethyl adjacent to an activating group) is 1. The molecular weight excluding hydrogens is 230 g/mol. The zero-order valence-corrected chi connectivity index (χ0v) is 10.0. The summed E-state index contributed by atoms with van der Waals surface area (Å²) in [7, 11) is 4.42. The molecule has 0 spiro atoms. The summed E-state index contributed by atoms with van der Waals surface area (Å²) >= 11 is 0. The minimum absolute atomic E-state index is 0.148. The summed E-state index contributed by atoms with van der Waals surface area (Å²) in [5.41, 5.74) is 0. The Labute approximate surface area is 98.9 Å². The van der Waals surface area contributed by atoms with Crippen molar-refractivity contribution >= 4 is 17.9 Å². The van der Waals surface area contributed by atoms with Crippen LogP contribution in [-0.2, 0) is 14.3 Å². The number of carboxylic acids is 1. The van der Waals surface area contributed by atoms with Crippen LogP contribution in [0.25, 0.3) is 0 Å². The maximum absolute atomic E-state index is 11.2. The average Bonchev–Trinajstić information content (AvgIpc) is 2.24. The number of hydrogen-bond donors (Lipinski definition) is 3. The van der Waals surface area contributed by atoms with Crippen molar-refractivity contribution in [1.82, 2.24) is 15.5 Å². The Morgan fingerprint density at radius 2 is 1.94 bits per heavy atom. The summed E-state index contributed by atoms with van der Waals surface area (Å²) in [5.74, 6) is -1.50. The van der Waals surface area contributed by atoms with Crippen molar-refractivity contribution in [3.05, 3.63) is 0 Å². The van der Waals surface area contributed by atoms with Crippen molar-refractivity contribution in [2.75, 3.05) is 34.4 Å². The molecule has 8 heteroatoms. The normalized spacial score (nSPS) is 11.5. The minimum Gasteiger partial charge on any atom is -0.480 e. The van der Waals surface area contributed by atoms with Crippen LogP contribution in [0.3, 0.4) is 0 Å². The fourth-order valence-electron chi connectivity index (χ4n) is 0.865. The molecule has 8 nitrogen and oxygen atoms in total. The number of carbonyl (C=O) groups is 3. The van der Waals surface area contributed by atoms with Crippen LogP contribution in [0.1, 0.15) is 0 Å². The Hall–Kier alpha value is -1.83. The van der Waals surface area contributed by atoms with Crippen molar-refractivity contribution in [2.24, 2.45) is 0 Å². The number of amides is 3. The zero-order valence-electron chi connectivity index (χ0n) is 10.0. The van der Waals surface area contributed by atoms with Crippen molar-refractivity contribution in [2.45, 2.75) is 6.04 Å². The maximum atomic E-state index is 11.2. The first kappa shape index (κ1) is 15.2. The highest BCUT2D eigenvalue weighted by Gasteiger charge is 2.19. The van der Waals surface area contributed by atoms with E-state index in [1.807, 2.05) is 0 Å². The van der Waals surface area contributed by atoms with Gasteiger partial charge < -0.3 is 25.4 Å². The molecule has 0 bridgehead atoms. The van der Waals surface area contributed by atoms with Crippen molar-refractivity contribution in [1.29, 1.82) is 0 Å². The highest BCUT2D eigenvalue weighted by molar-refractivity contribution is 5.86. The number of aliphatic carboxylic acids is 1. The molecule has 1 unspecified atom stereocenters. The predicted molar refractivity (Wildman–Crippen MR) is 58.5 cm³/mol. The molecule has 1 atom stereocenters. The number of nitrogens with zero attached hydrogens (tertiary/aromatic N) is 1. The van der Waals surface area contributed by atoms with E-state index in [2.05, 4.69) is 15.4 Å². The molecule has 17 heavy (non-hydrogen) atoms. The van der Waals surface area contributed by atoms with Gasteiger partial charge in [0.2, 0.25) is 5.91 Å². The Bertz CT molecular complexity index is 292. The number of urea groups is 1. The summed E-state index contributed by atoms with van der Waals surface area (Å²) in [6.07, 6.45) is 0. The van der Waals surface area contributed by atoms with Crippen LogP contribution in [0.2, 0.25) is 0 Å². The largest absolute Gasteiger partial charge is 0.480 e. The number of rotatable bonds is 6. The van der Waals surface area contributed by atoms with Crippen LogP contribution in [-0.4, -0.2) is 68.3 Å². The van der Waals surface area contributed by atoms with Crippen molar-refractivity contribution in [3.63, 3.8) is 0 Å². The van der Waals surface area contributed by atoms with Gasteiger partial charge in [-0.15, -0.1) is 0 Å². The van der Waals surface area contributed by atoms with E-state index in [1.54, 1.807) is 14.1 Å². The van der Waals surface area contributed by atoms with Gasteiger partial charge in [-0.05, 0) is 0 Å². The lowest BCUT2D eigenvalue weighted by Crippen LogP contribution is -2.50. The fraction of sp³-hybridized carbons (Fsp3) is 0.667. The topological polar surface area (TPSA) is 108 Å². The van der Waals surface area contributed by atoms with E-state index in [1.165, 1.54) is 12.0 Å². The number of ether oxygens (including phenoxy) is 1. The molecule has 0 heterocycles. The van der Waals surface area contributed by atoms with E-state index in [4.69, 9.17) is 5.11 Å². The molecule has 0 radical (unpaired) electrons. The molecular formula is C9H17N3O5. The summed E-state index contributed by atoms with van der Waals surface area (Å²) in [6, 6.07) is -1.88. The van der Waals surface area contributed by atoms with Gasteiger partial charge in [-0.1, -0.05) is 0 Å². The van der Waals surface area contributed by atoms with Gasteiger partial charge >= 0.3 is 12.0 Å². The second kappa shape index (κ2) is 7.44. The van der Waals surface area contributed by atoms with Crippen molar-refractivity contribution < 1.29 is 24.2 Å². The molecule has 3 amide bonds. The standard InChI is InChI=1S/C9H17N3O5/c1-12(2)7(13)4-10-9(16)11-6(5-17-3)8(14)15/h6H,4-5H2,1-3H3,(H,14,15)(H2,10,11,16). The second-order valence-corrected chi connectivity index (χ2v) is 3.46. The molecule has 0 saturated heterocycles. The van der Waals surface area contributed by atoms with Gasteiger partial charge in [-0.3, -0.25) is 4.79 Å². The van der Waals surface area contributed by atoms with Gasteiger partial charge in [0.05, 0.1) is 13.2 Å². The maximum Gasteiger partial charge on any atom is 0.328 e. The lowest BCUT2D eigenvalue weighted by molar-refractivity contribution is -0.140. The van der Waals surface area contributed by atoms with E-state index >= 15 is 0 Å². The molecule has 0 aromatic carbocycles. The molecule has 0 aliphatic rings. The number of carbonyl (C=O) groups excluding carboxylic acids is 2. The number of nitrogens with one attached hydrogen (secondary N) is 2. The third-order valence-electron chi connectivity index (χ3n) is 1.84. The molecule has 0 fully saturated rings. The first-order valence-electron chi connectivity index (χ1n) is 4.84. The Morgan fingerprint density at radius 1 is 1.35 bits per heavy atom. The molecule has 0 aromatic rings. The van der Waals surface area contributed by atoms with Gasteiger partial charge in [0.25, 0.3) is 0 Å². The van der Waals surface area contributed by atoms with E-state index in [-0.39, 0.29) is 19.1 Å². The van der Waals surface area contributed by atoms with E-state index in [9.17, 15) is 14.4 Å². The molecule has 3 N–H and O–H groups in total. The number of carboxylic acid groups (broad SMARTS) is 1. The van der Waals surface area contributed by atoms with Gasteiger partial charge in [-0.25, -0.2) is 9.59 Å². The van der Waals surface area contributed by atoms with Gasteiger partial charge in [0, 0.05) is 21.2 Å². The lowest BCUT2D eigenvalue weighted by atomic mass is 10.3. The smallest absolute Gasteiger partial charge is 0.328 e. The highest BCUT2D eigenvalue weighted by Crippen LogP contribution is 1.85. The van der Waals surface area contributed by atoms with E-state index in [0.29, 0.717) is 0 Å². The first-order chi connectivity index (χ1) is 7.88. The van der Waals surface area contributed by atoms with E-state index < -0.39 is 18.0 Å². The van der Waals surface area contributed by atoms with Gasteiger partial charge in [-0.2, -0.15) is 0 Å². The van der Waals surface area contributed by atoms with Crippen LogP contribution in [0.15, 0.2) is 0 Å². The first-order valence-corrected chi connectivity index (χ1v) is 4.84. The molecule has 0 aliphatic heterocycles. The van der Waals surface area contributed by atoms with Crippen LogP contribution in [0.4, 0.5) is 4.79 Å². The highest BCUT2D eigenvalue weighted by atomic mass is 16.5. The summed E-state index contributed by atoms with van der Waals surface area (Å²) in [6.45, 7) is -0.345. The predicted octanol–water partition coefficient (Wildman–Crippen LogP) is -1.53. The average molecular weight is 247 g/mol. The van der Waals surface area contributed by atoms with Gasteiger partial charge in [0.1, 0.15) is 0 Å². The van der Waals surface area contributed by atoms with Gasteiger partial charge in [0.15, 0.2) is 6.04 Å². The fourth-order valence-corrected chi connectivity index (χ4v) is 0.865. The summed E-state index contributed by atoms with van der Waals surface area (Å²) in [5, 5.41) is 13.1. The molecule has 98 valence electrons. The second-order valence-electron chi connectivity index (χ2n) is 3.46. The lowest BCUT2D eigenvalue weighted by Gasteiger charge is -2.15. The zero-order chi connectivity index (χ0) is 13.4. The quantitative estimate of drug-likeness (QED) is 0.528. The summed E-state index contributed by atoms with van der Waals surface area (Å²) in [4.78, 5) is 34.4. The minimum atomic E-state index is -1.21. The SMILES string of the molecule is COCC(NC(=O)NCC(=O)N(C)C)C(=O)O.